The minimum Gasteiger partial charge on any atom is -0.396 e. The van der Waals surface area contributed by atoms with Crippen LogP contribution in [-0.2, 0) is 20.2 Å². The highest BCUT2D eigenvalue weighted by Crippen LogP contribution is 2.28. The summed E-state index contributed by atoms with van der Waals surface area (Å²) < 4.78 is 27.5. The Labute approximate surface area is 174 Å². The number of benzene rings is 1. The molecule has 3 rings (SSSR count). The first kappa shape index (κ1) is 22.2. The zero-order valence-corrected chi connectivity index (χ0v) is 18.6. The summed E-state index contributed by atoms with van der Waals surface area (Å²) in [4.78, 5) is 15.0. The number of nitrogens with zero attached hydrogens (tertiary/aromatic N) is 2. The lowest BCUT2D eigenvalue weighted by Gasteiger charge is -2.37. The molecule has 0 spiro atoms. The number of hydrogen-bond acceptors (Lipinski definition) is 4. The Morgan fingerprint density at radius 1 is 1.07 bits per heavy atom. The smallest absolute Gasteiger partial charge is 0.243 e. The lowest BCUT2D eigenvalue weighted by molar-refractivity contribution is -0.138. The van der Waals surface area contributed by atoms with E-state index in [1.54, 1.807) is 12.1 Å². The Morgan fingerprint density at radius 3 is 2.24 bits per heavy atom. The van der Waals surface area contributed by atoms with Crippen molar-refractivity contribution < 1.29 is 18.3 Å². The topological polar surface area (TPSA) is 77.9 Å². The van der Waals surface area contributed by atoms with Crippen molar-refractivity contribution in [3.8, 4) is 0 Å². The van der Waals surface area contributed by atoms with Gasteiger partial charge in [-0.05, 0) is 54.7 Å². The van der Waals surface area contributed by atoms with E-state index in [2.05, 4.69) is 20.8 Å². The fourth-order valence-corrected chi connectivity index (χ4v) is 5.76. The van der Waals surface area contributed by atoms with Gasteiger partial charge in [0.2, 0.25) is 15.9 Å². The summed E-state index contributed by atoms with van der Waals surface area (Å²) in [6.07, 6.45) is 3.00. The Morgan fingerprint density at radius 2 is 1.69 bits per heavy atom. The Hall–Kier alpha value is -1.44. The normalized spacial score (nSPS) is 22.6. The quantitative estimate of drug-likeness (QED) is 0.809. The third-order valence-corrected chi connectivity index (χ3v) is 8.16. The maximum Gasteiger partial charge on any atom is 0.243 e. The maximum atomic E-state index is 13.0. The van der Waals surface area contributed by atoms with Crippen molar-refractivity contribution in [2.45, 2.75) is 56.8 Å². The molecule has 2 fully saturated rings. The summed E-state index contributed by atoms with van der Waals surface area (Å²) in [7, 11) is -3.54. The zero-order chi connectivity index (χ0) is 21.2. The molecule has 7 heteroatoms. The van der Waals surface area contributed by atoms with Crippen molar-refractivity contribution in [2.24, 2.45) is 11.8 Å². The van der Waals surface area contributed by atoms with E-state index in [1.807, 2.05) is 17.0 Å². The van der Waals surface area contributed by atoms with Crippen LogP contribution >= 0.6 is 0 Å². The Bertz CT molecular complexity index is 806. The summed E-state index contributed by atoms with van der Waals surface area (Å²) in [5, 5.41) is 9.38. The molecule has 1 atom stereocenters. The average Bonchev–Trinajstić information content (AvgIpc) is 2.73. The second-order valence-electron chi connectivity index (χ2n) is 9.43. The summed E-state index contributed by atoms with van der Waals surface area (Å²) in [5.74, 6) is 0.168. The number of hydrogen-bond donors (Lipinski definition) is 1. The molecule has 162 valence electrons. The number of carbonyl (C=O) groups is 1. The first-order chi connectivity index (χ1) is 13.6. The molecule has 2 aliphatic heterocycles. The molecule has 0 aliphatic carbocycles. The summed E-state index contributed by atoms with van der Waals surface area (Å²) in [6, 6.07) is 7.15. The second kappa shape index (κ2) is 8.74. The van der Waals surface area contributed by atoms with Crippen LogP contribution in [0.4, 0.5) is 0 Å². The molecule has 1 unspecified atom stereocenters. The Kier molecular flexibility index (Phi) is 6.70. The molecule has 1 aromatic carbocycles. The summed E-state index contributed by atoms with van der Waals surface area (Å²) in [6.45, 7) is 8.53. The van der Waals surface area contributed by atoms with E-state index in [9.17, 15) is 18.3 Å². The predicted molar refractivity (Wildman–Crippen MR) is 113 cm³/mol. The molecule has 1 amide bonds. The fourth-order valence-electron chi connectivity index (χ4n) is 4.29. The van der Waals surface area contributed by atoms with Gasteiger partial charge in [0.05, 0.1) is 4.90 Å². The fraction of sp³-hybridized carbons (Fsp3) is 0.682. The van der Waals surface area contributed by atoms with Gasteiger partial charge in [0.25, 0.3) is 0 Å². The van der Waals surface area contributed by atoms with Crippen molar-refractivity contribution in [1.82, 2.24) is 9.21 Å². The van der Waals surface area contributed by atoms with Crippen LogP contribution in [-0.4, -0.2) is 61.4 Å². The highest BCUT2D eigenvalue weighted by molar-refractivity contribution is 7.89. The van der Waals surface area contributed by atoms with Gasteiger partial charge in [0.1, 0.15) is 0 Å². The van der Waals surface area contributed by atoms with E-state index < -0.39 is 10.0 Å². The van der Waals surface area contributed by atoms with Gasteiger partial charge in [-0.1, -0.05) is 32.9 Å². The van der Waals surface area contributed by atoms with Crippen LogP contribution in [0.2, 0.25) is 0 Å². The number of sulfonamides is 1. The van der Waals surface area contributed by atoms with Crippen molar-refractivity contribution in [1.29, 1.82) is 0 Å². The Balaban J connectivity index is 1.61. The van der Waals surface area contributed by atoms with Gasteiger partial charge in [-0.3, -0.25) is 4.79 Å². The van der Waals surface area contributed by atoms with E-state index in [4.69, 9.17) is 0 Å². The van der Waals surface area contributed by atoms with Crippen molar-refractivity contribution in [3.63, 3.8) is 0 Å². The molecule has 0 radical (unpaired) electrons. The van der Waals surface area contributed by atoms with Crippen molar-refractivity contribution in [3.05, 3.63) is 29.8 Å². The lowest BCUT2D eigenvalue weighted by Crippen LogP contribution is -2.47. The standard InChI is InChI=1S/C22H34N2O4S/c1-22(2,3)19-6-8-20(9-7-19)29(27,28)24-13-10-18(11-14-24)21(26)23-12-4-5-17(15-23)16-25/h6-9,17-18,25H,4-5,10-16H2,1-3H3. The van der Waals surface area contributed by atoms with Gasteiger partial charge in [-0.2, -0.15) is 4.31 Å². The molecule has 0 bridgehead atoms. The van der Waals surface area contributed by atoms with E-state index >= 15 is 0 Å². The van der Waals surface area contributed by atoms with E-state index in [1.165, 1.54) is 4.31 Å². The number of amides is 1. The third kappa shape index (κ3) is 5.01. The van der Waals surface area contributed by atoms with Crippen molar-refractivity contribution in [2.75, 3.05) is 32.8 Å². The van der Waals surface area contributed by atoms with E-state index in [-0.39, 0.29) is 29.8 Å². The minimum absolute atomic E-state index is 0.0233. The second-order valence-corrected chi connectivity index (χ2v) is 11.4. The molecule has 0 aromatic heterocycles. The molecular weight excluding hydrogens is 388 g/mol. The van der Waals surface area contributed by atoms with Gasteiger partial charge >= 0.3 is 0 Å². The molecule has 1 N–H and O–H groups in total. The molecule has 2 aliphatic rings. The minimum atomic E-state index is -3.54. The van der Waals surface area contributed by atoms with Crippen LogP contribution in [0.25, 0.3) is 0 Å². The largest absolute Gasteiger partial charge is 0.396 e. The number of aliphatic hydroxyl groups excluding tert-OH is 1. The van der Waals surface area contributed by atoms with E-state index in [0.29, 0.717) is 37.4 Å². The SMILES string of the molecule is CC(C)(C)c1ccc(S(=O)(=O)N2CCC(C(=O)N3CCCC(CO)C3)CC2)cc1. The molecule has 2 saturated heterocycles. The van der Waals surface area contributed by atoms with Crippen LogP contribution < -0.4 is 0 Å². The summed E-state index contributed by atoms with van der Waals surface area (Å²) in [5.41, 5.74) is 1.08. The molecule has 29 heavy (non-hydrogen) atoms. The molecule has 0 saturated carbocycles. The molecule has 1 aromatic rings. The number of aliphatic hydroxyl groups is 1. The van der Waals surface area contributed by atoms with Crippen molar-refractivity contribution >= 4 is 15.9 Å². The molecule has 6 nitrogen and oxygen atoms in total. The van der Waals surface area contributed by atoms with Gasteiger partial charge in [0, 0.05) is 38.7 Å². The van der Waals surface area contributed by atoms with Crippen LogP contribution in [0.3, 0.4) is 0 Å². The maximum absolute atomic E-state index is 13.0. The highest BCUT2D eigenvalue weighted by atomic mass is 32.2. The molecule has 2 heterocycles. The van der Waals surface area contributed by atoms with Gasteiger partial charge in [-0.25, -0.2) is 8.42 Å². The van der Waals surface area contributed by atoms with Crippen LogP contribution in [0.15, 0.2) is 29.2 Å². The lowest BCUT2D eigenvalue weighted by atomic mass is 9.87. The van der Waals surface area contributed by atoms with Gasteiger partial charge in [-0.15, -0.1) is 0 Å². The first-order valence-electron chi connectivity index (χ1n) is 10.6. The molecular formula is C22H34N2O4S. The van der Waals surface area contributed by atoms with Gasteiger partial charge in [0.15, 0.2) is 0 Å². The number of carbonyl (C=O) groups excluding carboxylic acids is 1. The summed E-state index contributed by atoms with van der Waals surface area (Å²) >= 11 is 0. The van der Waals surface area contributed by atoms with Gasteiger partial charge < -0.3 is 10.0 Å². The highest BCUT2D eigenvalue weighted by Gasteiger charge is 2.35. The number of likely N-dealkylation sites (tertiary alicyclic amines) is 1. The third-order valence-electron chi connectivity index (χ3n) is 6.25. The first-order valence-corrected chi connectivity index (χ1v) is 12.1. The number of rotatable bonds is 4. The van der Waals surface area contributed by atoms with E-state index in [0.717, 1.165) is 24.9 Å². The van der Waals surface area contributed by atoms with Crippen LogP contribution in [0, 0.1) is 11.8 Å². The van der Waals surface area contributed by atoms with Crippen LogP contribution in [0.5, 0.6) is 0 Å². The predicted octanol–water partition coefficient (Wildman–Crippen LogP) is 2.62. The number of piperidine rings is 2. The monoisotopic (exact) mass is 422 g/mol. The average molecular weight is 423 g/mol. The zero-order valence-electron chi connectivity index (χ0n) is 17.8. The van der Waals surface area contributed by atoms with Crippen LogP contribution in [0.1, 0.15) is 52.0 Å².